The van der Waals surface area contributed by atoms with Crippen molar-refractivity contribution in [2.24, 2.45) is 0 Å². The number of halogens is 6. The Hall–Kier alpha value is -5.33. The van der Waals surface area contributed by atoms with E-state index in [1.165, 1.54) is 36.4 Å². The van der Waals surface area contributed by atoms with E-state index in [0.29, 0.717) is 27.3 Å². The van der Waals surface area contributed by atoms with Gasteiger partial charge in [-0.2, -0.15) is 18.3 Å². The quantitative estimate of drug-likeness (QED) is 0.124. The van der Waals surface area contributed by atoms with Gasteiger partial charge in [-0.05, 0) is 65.6 Å². The molecule has 2 aromatic heterocycles. The highest BCUT2D eigenvalue weighted by atomic mass is 19.4. The standard InChI is InChI=1S/C31H21F6N3O4/c1-19-15-21(20-11-13-23(14-12-20)44-31(35,36)37)9-10-22(19)17-42-26-7-3-2-5-24(26)25-6-4-8-28(39-25)40-29(30(32,33)34)27(16-38-40)43-18-41/h2-16,18H,17H2,1H3. The molecule has 0 radical (unpaired) electrons. The van der Waals surface area contributed by atoms with Gasteiger partial charge in [0.25, 0.3) is 6.47 Å². The molecule has 0 fully saturated rings. The average molecular weight is 614 g/mol. The largest absolute Gasteiger partial charge is 0.573 e. The predicted molar refractivity (Wildman–Crippen MR) is 146 cm³/mol. The second-order valence-electron chi connectivity index (χ2n) is 9.36. The molecule has 5 rings (SSSR count). The Morgan fingerprint density at radius 2 is 1.57 bits per heavy atom. The first kappa shape index (κ1) is 30.1. The Balaban J connectivity index is 1.36. The average Bonchev–Trinajstić information content (AvgIpc) is 3.41. The number of hydrogen-bond acceptors (Lipinski definition) is 6. The van der Waals surface area contributed by atoms with Crippen LogP contribution >= 0.6 is 0 Å². The molecule has 0 saturated heterocycles. The molecule has 0 bridgehead atoms. The fraction of sp³-hybridized carbons (Fsp3) is 0.129. The van der Waals surface area contributed by atoms with Crippen molar-refractivity contribution in [1.82, 2.24) is 14.8 Å². The molecule has 0 atom stereocenters. The molecule has 7 nitrogen and oxygen atoms in total. The molecular weight excluding hydrogens is 592 g/mol. The summed E-state index contributed by atoms with van der Waals surface area (Å²) in [6, 6.07) is 22.4. The van der Waals surface area contributed by atoms with Gasteiger partial charge in [0.2, 0.25) is 0 Å². The summed E-state index contributed by atoms with van der Waals surface area (Å²) in [7, 11) is 0. The van der Waals surface area contributed by atoms with E-state index in [0.717, 1.165) is 22.9 Å². The minimum absolute atomic E-state index is 0.113. The van der Waals surface area contributed by atoms with Gasteiger partial charge in [-0.1, -0.05) is 48.5 Å². The molecule has 0 amide bonds. The lowest BCUT2D eigenvalue weighted by molar-refractivity contribution is -0.274. The maximum absolute atomic E-state index is 13.8. The summed E-state index contributed by atoms with van der Waals surface area (Å²) in [5.74, 6) is -0.807. The zero-order valence-electron chi connectivity index (χ0n) is 22.7. The van der Waals surface area contributed by atoms with Crippen molar-refractivity contribution in [2.75, 3.05) is 0 Å². The van der Waals surface area contributed by atoms with Crippen molar-refractivity contribution in [3.63, 3.8) is 0 Å². The van der Waals surface area contributed by atoms with Crippen LogP contribution in [0.25, 0.3) is 28.2 Å². The fourth-order valence-electron chi connectivity index (χ4n) is 4.44. The number of nitrogens with zero attached hydrogens (tertiary/aromatic N) is 3. The summed E-state index contributed by atoms with van der Waals surface area (Å²) in [6.07, 6.45) is -8.87. The second kappa shape index (κ2) is 12.1. The van der Waals surface area contributed by atoms with E-state index in [1.54, 1.807) is 30.3 Å². The van der Waals surface area contributed by atoms with Gasteiger partial charge in [-0.3, -0.25) is 4.79 Å². The molecule has 44 heavy (non-hydrogen) atoms. The van der Waals surface area contributed by atoms with E-state index in [2.05, 4.69) is 19.6 Å². The van der Waals surface area contributed by atoms with Gasteiger partial charge in [-0.25, -0.2) is 9.67 Å². The maximum Gasteiger partial charge on any atom is 0.573 e. The monoisotopic (exact) mass is 613 g/mol. The lowest BCUT2D eigenvalue weighted by atomic mass is 10.00. The van der Waals surface area contributed by atoms with E-state index in [-0.39, 0.29) is 24.6 Å². The molecule has 5 aromatic rings. The molecule has 0 aliphatic rings. The molecule has 0 spiro atoms. The molecular formula is C31H21F6N3O4. The van der Waals surface area contributed by atoms with E-state index >= 15 is 0 Å². The van der Waals surface area contributed by atoms with Crippen LogP contribution in [0.5, 0.6) is 17.2 Å². The van der Waals surface area contributed by atoms with Crippen LogP contribution in [0.1, 0.15) is 16.8 Å². The Labute approximate surface area is 246 Å². The Kier molecular flexibility index (Phi) is 8.30. The van der Waals surface area contributed by atoms with Crippen LogP contribution in [-0.2, 0) is 17.6 Å². The van der Waals surface area contributed by atoms with Gasteiger partial charge >= 0.3 is 12.5 Å². The number of carbonyl (C=O) groups excluding carboxylic acids is 1. The summed E-state index contributed by atoms with van der Waals surface area (Å²) >= 11 is 0. The van der Waals surface area contributed by atoms with Crippen molar-refractivity contribution in [3.05, 3.63) is 108 Å². The SMILES string of the molecule is Cc1cc(-c2ccc(OC(F)(F)F)cc2)ccc1COc1ccccc1-c1cccc(-n2ncc(OC=O)c2C(F)(F)F)n1. The minimum atomic E-state index is -4.88. The number of alkyl halides is 6. The minimum Gasteiger partial charge on any atom is -0.488 e. The Morgan fingerprint density at radius 3 is 2.25 bits per heavy atom. The zero-order valence-corrected chi connectivity index (χ0v) is 22.7. The molecule has 13 heteroatoms. The number of carbonyl (C=O) groups is 1. The second-order valence-corrected chi connectivity index (χ2v) is 9.36. The fourth-order valence-corrected chi connectivity index (χ4v) is 4.44. The van der Waals surface area contributed by atoms with Gasteiger partial charge in [0.1, 0.15) is 18.1 Å². The normalized spacial score (nSPS) is 11.7. The number of aryl methyl sites for hydroxylation is 1. The third-order valence-electron chi connectivity index (χ3n) is 6.44. The highest BCUT2D eigenvalue weighted by Gasteiger charge is 2.40. The first-order valence-electron chi connectivity index (χ1n) is 12.8. The van der Waals surface area contributed by atoms with Crippen LogP contribution in [0.2, 0.25) is 0 Å². The highest BCUT2D eigenvalue weighted by molar-refractivity contribution is 5.68. The van der Waals surface area contributed by atoms with Crippen LogP contribution in [-0.4, -0.2) is 27.6 Å². The van der Waals surface area contributed by atoms with E-state index in [9.17, 15) is 31.1 Å². The summed E-state index contributed by atoms with van der Waals surface area (Å²) < 4.78 is 93.7. The first-order valence-corrected chi connectivity index (χ1v) is 12.8. The van der Waals surface area contributed by atoms with Gasteiger partial charge < -0.3 is 14.2 Å². The molecule has 3 aromatic carbocycles. The number of pyridine rings is 1. The van der Waals surface area contributed by atoms with E-state index in [4.69, 9.17) is 4.74 Å². The number of ether oxygens (including phenoxy) is 3. The van der Waals surface area contributed by atoms with Crippen molar-refractivity contribution >= 4 is 6.47 Å². The number of para-hydroxylation sites is 1. The third kappa shape index (κ3) is 6.83. The van der Waals surface area contributed by atoms with Crippen LogP contribution in [0.15, 0.2) is 91.1 Å². The lowest BCUT2D eigenvalue weighted by Crippen LogP contribution is -2.16. The molecule has 2 heterocycles. The van der Waals surface area contributed by atoms with E-state index < -0.39 is 24.0 Å². The van der Waals surface area contributed by atoms with Crippen molar-refractivity contribution < 1.29 is 45.3 Å². The van der Waals surface area contributed by atoms with Crippen molar-refractivity contribution in [3.8, 4) is 45.5 Å². The maximum atomic E-state index is 13.8. The molecule has 226 valence electrons. The van der Waals surface area contributed by atoms with Crippen LogP contribution in [0, 0.1) is 6.92 Å². The number of aromatic nitrogens is 3. The third-order valence-corrected chi connectivity index (χ3v) is 6.44. The van der Waals surface area contributed by atoms with Gasteiger partial charge in [-0.15, -0.1) is 13.2 Å². The highest BCUT2D eigenvalue weighted by Crippen LogP contribution is 2.38. The summed E-state index contributed by atoms with van der Waals surface area (Å²) in [5, 5.41) is 3.73. The van der Waals surface area contributed by atoms with Gasteiger partial charge in [0, 0.05) is 5.56 Å². The van der Waals surface area contributed by atoms with Crippen LogP contribution < -0.4 is 14.2 Å². The predicted octanol–water partition coefficient (Wildman–Crippen LogP) is 7.94. The summed E-state index contributed by atoms with van der Waals surface area (Å²) in [4.78, 5) is 15.1. The number of rotatable bonds is 9. The van der Waals surface area contributed by atoms with Crippen LogP contribution in [0.3, 0.4) is 0 Å². The number of hydrogen-bond donors (Lipinski definition) is 0. The van der Waals surface area contributed by atoms with Gasteiger partial charge in [0.15, 0.2) is 17.3 Å². The Morgan fingerprint density at radius 1 is 0.841 bits per heavy atom. The smallest absolute Gasteiger partial charge is 0.488 e. The zero-order chi connectivity index (χ0) is 31.5. The van der Waals surface area contributed by atoms with Crippen molar-refractivity contribution in [2.45, 2.75) is 26.1 Å². The number of benzene rings is 3. The molecule has 0 aliphatic carbocycles. The van der Waals surface area contributed by atoms with E-state index in [1.807, 2.05) is 25.1 Å². The molecule has 0 saturated carbocycles. The first-order chi connectivity index (χ1) is 20.9. The van der Waals surface area contributed by atoms with Gasteiger partial charge in [0.05, 0.1) is 11.9 Å². The van der Waals surface area contributed by atoms with Crippen molar-refractivity contribution in [1.29, 1.82) is 0 Å². The molecule has 0 aliphatic heterocycles. The molecule has 0 unspecified atom stereocenters. The topological polar surface area (TPSA) is 75.5 Å². The Bertz CT molecular complexity index is 1780. The lowest BCUT2D eigenvalue weighted by Gasteiger charge is -2.15. The summed E-state index contributed by atoms with van der Waals surface area (Å²) in [6.45, 7) is 1.90. The van der Waals surface area contributed by atoms with Crippen LogP contribution in [0.4, 0.5) is 26.3 Å². The molecule has 0 N–H and O–H groups in total. The summed E-state index contributed by atoms with van der Waals surface area (Å²) in [5.41, 5.74) is 2.70.